The Labute approximate surface area is 114 Å². The van der Waals surface area contributed by atoms with Crippen molar-refractivity contribution in [2.45, 2.75) is 5.92 Å². The second kappa shape index (κ2) is 6.10. The highest BCUT2D eigenvalue weighted by molar-refractivity contribution is 7.80. The van der Waals surface area contributed by atoms with E-state index >= 15 is 0 Å². The standard InChI is InChI=1S/C11H8Cl2O3S/c1-16-11(15)10(9(14)5-17)6-2-3-7(12)8(13)4-6/h2-5,10H,1H3. The van der Waals surface area contributed by atoms with E-state index in [4.69, 9.17) is 23.2 Å². The number of rotatable bonds is 4. The van der Waals surface area contributed by atoms with E-state index < -0.39 is 17.7 Å². The summed E-state index contributed by atoms with van der Waals surface area (Å²) >= 11 is 16.1. The molecule has 0 aliphatic carbocycles. The molecule has 0 saturated heterocycles. The molecule has 0 aromatic heterocycles. The first-order chi connectivity index (χ1) is 8.01. The van der Waals surface area contributed by atoms with Crippen LogP contribution in [0.4, 0.5) is 0 Å². The number of halogens is 2. The van der Waals surface area contributed by atoms with Gasteiger partial charge in [-0.05, 0) is 17.7 Å². The molecular formula is C11H8Cl2O3S. The van der Waals surface area contributed by atoms with Crippen LogP contribution in [0.5, 0.6) is 0 Å². The molecule has 6 heteroatoms. The minimum atomic E-state index is -1.09. The number of ketones is 1. The number of hydrogen-bond donors (Lipinski definition) is 0. The van der Waals surface area contributed by atoms with Crippen LogP contribution in [0.15, 0.2) is 18.2 Å². The molecule has 0 N–H and O–H groups in total. The summed E-state index contributed by atoms with van der Waals surface area (Å²) in [6.45, 7) is 0. The van der Waals surface area contributed by atoms with Gasteiger partial charge in [0.2, 0.25) is 0 Å². The summed E-state index contributed by atoms with van der Waals surface area (Å²) in [6.07, 6.45) is 0. The number of methoxy groups -OCH3 is 1. The molecule has 1 unspecified atom stereocenters. The van der Waals surface area contributed by atoms with Crippen LogP contribution in [-0.4, -0.2) is 24.2 Å². The smallest absolute Gasteiger partial charge is 0.321 e. The summed E-state index contributed by atoms with van der Waals surface area (Å²) in [5.74, 6) is -2.30. The molecule has 90 valence electrons. The predicted molar refractivity (Wildman–Crippen MR) is 69.9 cm³/mol. The molecule has 3 nitrogen and oxygen atoms in total. The molecule has 0 bridgehead atoms. The molecule has 0 amide bonds. The topological polar surface area (TPSA) is 43.4 Å². The molecule has 0 fully saturated rings. The Balaban J connectivity index is 3.21. The fraction of sp³-hybridized carbons (Fsp3) is 0.182. The Kier molecular flexibility index (Phi) is 5.05. The zero-order valence-corrected chi connectivity index (χ0v) is 11.1. The summed E-state index contributed by atoms with van der Waals surface area (Å²) in [6, 6.07) is 4.49. The maximum Gasteiger partial charge on any atom is 0.321 e. The number of thiocarbonyl (C=S) groups is 1. The molecule has 0 radical (unpaired) electrons. The van der Waals surface area contributed by atoms with Crippen LogP contribution in [0.1, 0.15) is 11.5 Å². The summed E-state index contributed by atoms with van der Waals surface area (Å²) in [4.78, 5) is 23.1. The van der Waals surface area contributed by atoms with Gasteiger partial charge < -0.3 is 4.74 Å². The van der Waals surface area contributed by atoms with Gasteiger partial charge in [0.25, 0.3) is 0 Å². The molecule has 0 spiro atoms. The number of benzene rings is 1. The first kappa shape index (κ1) is 14.1. The maximum absolute atomic E-state index is 11.6. The van der Waals surface area contributed by atoms with Gasteiger partial charge in [0.1, 0.15) is 5.92 Å². The van der Waals surface area contributed by atoms with Gasteiger partial charge in [-0.1, -0.05) is 41.5 Å². The van der Waals surface area contributed by atoms with E-state index in [1.165, 1.54) is 25.3 Å². The highest BCUT2D eigenvalue weighted by Crippen LogP contribution is 2.27. The van der Waals surface area contributed by atoms with Crippen LogP contribution >= 0.6 is 35.4 Å². The van der Waals surface area contributed by atoms with E-state index in [0.29, 0.717) is 10.6 Å². The quantitative estimate of drug-likeness (QED) is 0.486. The van der Waals surface area contributed by atoms with Gasteiger partial charge in [-0.25, -0.2) is 0 Å². The molecule has 0 saturated carbocycles. The van der Waals surface area contributed by atoms with E-state index in [1.54, 1.807) is 0 Å². The van der Waals surface area contributed by atoms with Crippen LogP contribution in [0, 0.1) is 0 Å². The van der Waals surface area contributed by atoms with E-state index in [0.717, 1.165) is 5.37 Å². The van der Waals surface area contributed by atoms with Crippen molar-refractivity contribution >= 4 is 52.5 Å². The van der Waals surface area contributed by atoms with Crippen molar-refractivity contribution in [2.24, 2.45) is 0 Å². The molecular weight excluding hydrogens is 283 g/mol. The zero-order chi connectivity index (χ0) is 13.0. The third-order valence-corrected chi connectivity index (χ3v) is 3.09. The average molecular weight is 291 g/mol. The molecule has 1 atom stereocenters. The van der Waals surface area contributed by atoms with Gasteiger partial charge in [-0.15, -0.1) is 0 Å². The minimum absolute atomic E-state index is 0.259. The number of Topliss-reactive ketones (excluding diaryl/α,β-unsaturated/α-hetero) is 1. The maximum atomic E-state index is 11.6. The lowest BCUT2D eigenvalue weighted by Crippen LogP contribution is -2.23. The summed E-state index contributed by atoms with van der Waals surface area (Å²) in [5.41, 5.74) is 0.400. The number of esters is 1. The number of carbonyl (C=O) groups is 2. The second-order valence-electron chi connectivity index (χ2n) is 3.15. The lowest BCUT2D eigenvalue weighted by Gasteiger charge is -2.12. The SMILES string of the molecule is COC(=O)C(C(=O)C=S)c1ccc(Cl)c(Cl)c1. The van der Waals surface area contributed by atoms with Gasteiger partial charge in [-0.3, -0.25) is 9.59 Å². The van der Waals surface area contributed by atoms with Crippen molar-refractivity contribution < 1.29 is 14.3 Å². The summed E-state index contributed by atoms with van der Waals surface area (Å²) < 4.78 is 4.56. The lowest BCUT2D eigenvalue weighted by atomic mass is 9.95. The molecule has 1 aromatic carbocycles. The van der Waals surface area contributed by atoms with E-state index in [9.17, 15) is 9.59 Å². The predicted octanol–water partition coefficient (Wildman–Crippen LogP) is 2.82. The second-order valence-corrected chi connectivity index (χ2v) is 4.20. The molecule has 0 aliphatic heterocycles. The fourth-order valence-corrected chi connectivity index (χ4v) is 1.74. The first-order valence-corrected chi connectivity index (χ1v) is 5.75. The van der Waals surface area contributed by atoms with Crippen LogP contribution in [0.25, 0.3) is 0 Å². The van der Waals surface area contributed by atoms with E-state index in [1.807, 2.05) is 0 Å². The average Bonchev–Trinajstić information content (AvgIpc) is 2.33. The van der Waals surface area contributed by atoms with Gasteiger partial charge >= 0.3 is 5.97 Å². The highest BCUT2D eigenvalue weighted by Gasteiger charge is 2.28. The number of ether oxygens (including phenoxy) is 1. The van der Waals surface area contributed by atoms with Gasteiger partial charge in [0.15, 0.2) is 5.78 Å². The molecule has 0 aliphatic rings. The van der Waals surface area contributed by atoms with Crippen molar-refractivity contribution in [1.29, 1.82) is 0 Å². The summed E-state index contributed by atoms with van der Waals surface area (Å²) in [5, 5.41) is 1.51. The lowest BCUT2D eigenvalue weighted by molar-refractivity contribution is -0.144. The van der Waals surface area contributed by atoms with Crippen molar-refractivity contribution in [2.75, 3.05) is 7.11 Å². The largest absolute Gasteiger partial charge is 0.468 e. The van der Waals surface area contributed by atoms with Crippen LogP contribution in [0.2, 0.25) is 10.0 Å². The Morgan fingerprint density at radius 1 is 1.35 bits per heavy atom. The fourth-order valence-electron chi connectivity index (χ4n) is 1.29. The normalized spacial score (nSPS) is 11.7. The number of carbonyl (C=O) groups excluding carboxylic acids is 2. The zero-order valence-electron chi connectivity index (χ0n) is 8.78. The molecule has 1 rings (SSSR count). The Bertz CT molecular complexity index is 474. The molecule has 17 heavy (non-hydrogen) atoms. The third kappa shape index (κ3) is 3.25. The first-order valence-electron chi connectivity index (χ1n) is 4.53. The Morgan fingerprint density at radius 3 is 2.47 bits per heavy atom. The minimum Gasteiger partial charge on any atom is -0.468 e. The van der Waals surface area contributed by atoms with Crippen LogP contribution in [0.3, 0.4) is 0 Å². The Morgan fingerprint density at radius 2 is 2.00 bits per heavy atom. The monoisotopic (exact) mass is 290 g/mol. The van der Waals surface area contributed by atoms with Crippen molar-refractivity contribution in [3.05, 3.63) is 33.8 Å². The van der Waals surface area contributed by atoms with Crippen molar-refractivity contribution in [3.8, 4) is 0 Å². The molecule has 1 aromatic rings. The van der Waals surface area contributed by atoms with E-state index in [2.05, 4.69) is 17.0 Å². The van der Waals surface area contributed by atoms with E-state index in [-0.39, 0.29) is 5.02 Å². The molecule has 0 heterocycles. The number of hydrogen-bond acceptors (Lipinski definition) is 4. The van der Waals surface area contributed by atoms with Crippen molar-refractivity contribution in [1.82, 2.24) is 0 Å². The van der Waals surface area contributed by atoms with Crippen LogP contribution in [-0.2, 0) is 14.3 Å². The Hall–Kier alpha value is -0.970. The van der Waals surface area contributed by atoms with Gasteiger partial charge in [-0.2, -0.15) is 0 Å². The summed E-state index contributed by atoms with van der Waals surface area (Å²) in [7, 11) is 1.20. The van der Waals surface area contributed by atoms with Gasteiger partial charge in [0.05, 0.1) is 17.2 Å². The van der Waals surface area contributed by atoms with Crippen LogP contribution < -0.4 is 0 Å². The highest BCUT2D eigenvalue weighted by atomic mass is 35.5. The third-order valence-electron chi connectivity index (χ3n) is 2.11. The van der Waals surface area contributed by atoms with Crippen molar-refractivity contribution in [3.63, 3.8) is 0 Å². The van der Waals surface area contributed by atoms with Gasteiger partial charge in [0, 0.05) is 5.37 Å².